The van der Waals surface area contributed by atoms with Crippen molar-refractivity contribution in [3.05, 3.63) is 66.1 Å². The molecular weight excluding hydrogens is 376 g/mol. The van der Waals surface area contributed by atoms with E-state index in [1.54, 1.807) is 6.92 Å². The third-order valence-electron chi connectivity index (χ3n) is 3.98. The molecule has 0 unspecified atom stereocenters. The Balaban J connectivity index is 1.67. The molecule has 3 aromatic heterocycles. The van der Waals surface area contributed by atoms with Crippen LogP contribution in [0.2, 0.25) is 0 Å². The van der Waals surface area contributed by atoms with Gasteiger partial charge >= 0.3 is 6.18 Å². The van der Waals surface area contributed by atoms with Gasteiger partial charge in [0.2, 0.25) is 5.78 Å². The van der Waals surface area contributed by atoms with Crippen LogP contribution in [0.3, 0.4) is 0 Å². The van der Waals surface area contributed by atoms with Crippen LogP contribution in [0.4, 0.5) is 29.1 Å². The fourth-order valence-electron chi connectivity index (χ4n) is 2.76. The molecule has 0 bridgehead atoms. The Labute approximate surface area is 155 Å². The van der Waals surface area contributed by atoms with Crippen LogP contribution in [-0.2, 0) is 6.18 Å². The summed E-state index contributed by atoms with van der Waals surface area (Å²) in [5, 5.41) is 2.90. The van der Waals surface area contributed by atoms with Crippen molar-refractivity contribution in [1.82, 2.24) is 24.3 Å². The molecule has 0 spiro atoms. The fourth-order valence-corrected chi connectivity index (χ4v) is 2.76. The molecule has 10 heteroatoms. The highest BCUT2D eigenvalue weighted by Crippen LogP contribution is 2.30. The van der Waals surface area contributed by atoms with Crippen LogP contribution < -0.4 is 5.32 Å². The summed E-state index contributed by atoms with van der Waals surface area (Å²) in [5.41, 5.74) is 1.19. The predicted molar refractivity (Wildman–Crippen MR) is 93.4 cm³/mol. The number of hydrogen-bond acceptors (Lipinski definition) is 5. The number of benzene rings is 1. The number of hydrogen-bond donors (Lipinski definition) is 1. The van der Waals surface area contributed by atoms with Gasteiger partial charge in [-0.15, -0.1) is 0 Å². The van der Waals surface area contributed by atoms with Gasteiger partial charge in [-0.1, -0.05) is 0 Å². The Morgan fingerprint density at radius 3 is 2.46 bits per heavy atom. The van der Waals surface area contributed by atoms with Crippen LogP contribution in [0.15, 0.2) is 49.1 Å². The lowest BCUT2D eigenvalue weighted by molar-refractivity contribution is -0.137. The molecule has 3 heterocycles. The van der Waals surface area contributed by atoms with Gasteiger partial charge in [0.25, 0.3) is 0 Å². The molecule has 6 nitrogen and oxygen atoms in total. The Bertz CT molecular complexity index is 1150. The summed E-state index contributed by atoms with van der Waals surface area (Å²) in [6.07, 6.45) is 0.829. The third kappa shape index (κ3) is 3.36. The molecular formula is C18H12F4N6. The smallest absolute Gasteiger partial charge is 0.339 e. The SMILES string of the molecule is Cc1nc2ncc(F)cn2c1-c1cncc(Nc2ccc(C(F)(F)F)cc2)n1. The molecule has 0 radical (unpaired) electrons. The van der Waals surface area contributed by atoms with E-state index in [4.69, 9.17) is 0 Å². The molecule has 4 aromatic rings. The van der Waals surface area contributed by atoms with Crippen molar-refractivity contribution in [3.8, 4) is 11.4 Å². The van der Waals surface area contributed by atoms with Crippen LogP contribution in [0.5, 0.6) is 0 Å². The minimum Gasteiger partial charge on any atom is -0.339 e. The number of nitrogens with zero attached hydrogens (tertiary/aromatic N) is 5. The Morgan fingerprint density at radius 1 is 1.00 bits per heavy atom. The van der Waals surface area contributed by atoms with Crippen molar-refractivity contribution in [2.24, 2.45) is 0 Å². The standard InChI is InChI=1S/C18H12F4N6/c1-10-16(28-9-12(19)6-24-17(28)25-10)14-7-23-8-15(27-14)26-13-4-2-11(3-5-13)18(20,21)22/h2-9H,1H3,(H,26,27). The number of aromatic nitrogens is 5. The van der Waals surface area contributed by atoms with E-state index >= 15 is 0 Å². The van der Waals surface area contributed by atoms with Crippen LogP contribution in [0, 0.1) is 12.7 Å². The van der Waals surface area contributed by atoms with E-state index in [0.717, 1.165) is 18.3 Å². The average molecular weight is 388 g/mol. The van der Waals surface area contributed by atoms with E-state index in [-0.39, 0.29) is 0 Å². The van der Waals surface area contributed by atoms with E-state index in [1.165, 1.54) is 35.1 Å². The van der Waals surface area contributed by atoms with E-state index in [1.807, 2.05) is 0 Å². The van der Waals surface area contributed by atoms with Crippen LogP contribution >= 0.6 is 0 Å². The minimum absolute atomic E-state index is 0.316. The van der Waals surface area contributed by atoms with Crippen molar-refractivity contribution in [3.63, 3.8) is 0 Å². The van der Waals surface area contributed by atoms with Gasteiger partial charge < -0.3 is 5.32 Å². The van der Waals surface area contributed by atoms with Crippen molar-refractivity contribution >= 4 is 17.3 Å². The summed E-state index contributed by atoms with van der Waals surface area (Å²) in [6.45, 7) is 1.74. The van der Waals surface area contributed by atoms with Gasteiger partial charge in [0.1, 0.15) is 11.5 Å². The predicted octanol–water partition coefficient (Wildman–Crippen LogP) is 4.40. The number of imidazole rings is 1. The molecule has 28 heavy (non-hydrogen) atoms. The highest BCUT2D eigenvalue weighted by molar-refractivity contribution is 5.64. The maximum atomic E-state index is 13.6. The average Bonchev–Trinajstić information content (AvgIpc) is 2.96. The zero-order valence-electron chi connectivity index (χ0n) is 14.4. The zero-order chi connectivity index (χ0) is 19.9. The first-order valence-corrected chi connectivity index (χ1v) is 8.08. The van der Waals surface area contributed by atoms with Gasteiger partial charge in [0, 0.05) is 5.69 Å². The molecule has 1 N–H and O–H groups in total. The zero-order valence-corrected chi connectivity index (χ0v) is 14.4. The largest absolute Gasteiger partial charge is 0.416 e. The summed E-state index contributed by atoms with van der Waals surface area (Å²) in [6, 6.07) is 4.55. The summed E-state index contributed by atoms with van der Waals surface area (Å²) in [7, 11) is 0. The van der Waals surface area contributed by atoms with Gasteiger partial charge in [-0.3, -0.25) is 9.38 Å². The Kier molecular flexibility index (Phi) is 4.17. The van der Waals surface area contributed by atoms with E-state index in [2.05, 4.69) is 25.3 Å². The first kappa shape index (κ1) is 17.8. The molecule has 0 saturated carbocycles. The minimum atomic E-state index is -4.40. The van der Waals surface area contributed by atoms with Crippen molar-refractivity contribution in [1.29, 1.82) is 0 Å². The fraction of sp³-hybridized carbons (Fsp3) is 0.111. The van der Waals surface area contributed by atoms with Crippen LogP contribution in [-0.4, -0.2) is 24.3 Å². The molecule has 0 amide bonds. The quantitative estimate of drug-likeness (QED) is 0.527. The summed E-state index contributed by atoms with van der Waals surface area (Å²) < 4.78 is 53.1. The molecule has 0 aliphatic heterocycles. The van der Waals surface area contributed by atoms with E-state index in [9.17, 15) is 17.6 Å². The molecule has 1 aromatic carbocycles. The Hall–Kier alpha value is -3.56. The number of anilines is 2. The van der Waals surface area contributed by atoms with E-state index in [0.29, 0.717) is 34.4 Å². The summed E-state index contributed by atoms with van der Waals surface area (Å²) in [5.74, 6) is 0.103. The molecule has 0 fully saturated rings. The van der Waals surface area contributed by atoms with Gasteiger partial charge in [-0.05, 0) is 31.2 Å². The van der Waals surface area contributed by atoms with Gasteiger partial charge in [-0.25, -0.2) is 19.3 Å². The molecule has 0 atom stereocenters. The monoisotopic (exact) mass is 388 g/mol. The first-order chi connectivity index (χ1) is 13.3. The summed E-state index contributed by atoms with van der Waals surface area (Å²) >= 11 is 0. The molecule has 0 aliphatic carbocycles. The number of halogens is 4. The number of fused-ring (bicyclic) bond motifs is 1. The second-order valence-corrected chi connectivity index (χ2v) is 5.98. The molecule has 142 valence electrons. The highest BCUT2D eigenvalue weighted by Gasteiger charge is 2.29. The lowest BCUT2D eigenvalue weighted by Crippen LogP contribution is -2.04. The number of alkyl halides is 3. The van der Waals surface area contributed by atoms with E-state index < -0.39 is 17.6 Å². The highest BCUT2D eigenvalue weighted by atomic mass is 19.4. The topological polar surface area (TPSA) is 68.0 Å². The van der Waals surface area contributed by atoms with Gasteiger partial charge in [-0.2, -0.15) is 13.2 Å². The lowest BCUT2D eigenvalue weighted by atomic mass is 10.2. The van der Waals surface area contributed by atoms with Crippen LogP contribution in [0.25, 0.3) is 17.2 Å². The van der Waals surface area contributed by atoms with Crippen LogP contribution in [0.1, 0.15) is 11.3 Å². The number of nitrogens with one attached hydrogen (secondary N) is 1. The van der Waals surface area contributed by atoms with Crippen molar-refractivity contribution in [2.75, 3.05) is 5.32 Å². The second-order valence-electron chi connectivity index (χ2n) is 5.98. The third-order valence-corrected chi connectivity index (χ3v) is 3.98. The molecule has 4 rings (SSSR count). The number of rotatable bonds is 3. The molecule has 0 aliphatic rings. The maximum Gasteiger partial charge on any atom is 0.416 e. The normalized spacial score (nSPS) is 11.8. The maximum absolute atomic E-state index is 13.6. The lowest BCUT2D eigenvalue weighted by Gasteiger charge is -2.10. The summed E-state index contributed by atoms with van der Waals surface area (Å²) in [4.78, 5) is 16.7. The van der Waals surface area contributed by atoms with Gasteiger partial charge in [0.15, 0.2) is 5.82 Å². The Morgan fingerprint density at radius 2 is 1.75 bits per heavy atom. The second kappa shape index (κ2) is 6.55. The first-order valence-electron chi connectivity index (χ1n) is 8.08. The molecule has 0 saturated heterocycles. The van der Waals surface area contributed by atoms with Crippen molar-refractivity contribution in [2.45, 2.75) is 13.1 Å². The van der Waals surface area contributed by atoms with Gasteiger partial charge in [0.05, 0.1) is 41.7 Å². The number of aryl methyl sites for hydroxylation is 1. The van der Waals surface area contributed by atoms with Crippen molar-refractivity contribution < 1.29 is 17.6 Å².